The Morgan fingerprint density at radius 1 is 0.733 bits per heavy atom. The Labute approximate surface area is 271 Å². The Morgan fingerprint density at radius 2 is 1.47 bits per heavy atom. The molecule has 0 saturated carbocycles. The summed E-state index contributed by atoms with van der Waals surface area (Å²) in [4.78, 5) is 0. The van der Waals surface area contributed by atoms with Crippen molar-refractivity contribution in [2.75, 3.05) is 0 Å². The second-order valence-electron chi connectivity index (χ2n) is 16.5. The molecule has 0 nitrogen and oxygen atoms in total. The molecule has 1 spiro atoms. The summed E-state index contributed by atoms with van der Waals surface area (Å²) in [7, 11) is 0. The van der Waals surface area contributed by atoms with E-state index in [1.165, 1.54) is 50.6 Å². The van der Waals surface area contributed by atoms with E-state index in [9.17, 15) is 0 Å². The van der Waals surface area contributed by atoms with Crippen LogP contribution in [0.25, 0.3) is 33.0 Å². The third-order valence-corrected chi connectivity index (χ3v) is 12.5. The fourth-order valence-corrected chi connectivity index (χ4v) is 10.7. The fourth-order valence-electron chi connectivity index (χ4n) is 10.7. The Kier molecular flexibility index (Phi) is 6.18. The molecule has 230 valence electrons. The lowest BCUT2D eigenvalue weighted by molar-refractivity contribution is 0.277. The van der Waals surface area contributed by atoms with Crippen LogP contribution < -0.4 is 0 Å². The maximum Gasteiger partial charge on any atom is 0.0264 e. The van der Waals surface area contributed by atoms with Gasteiger partial charge in [0.05, 0.1) is 0 Å². The van der Waals surface area contributed by atoms with Gasteiger partial charge in [-0.05, 0) is 129 Å². The molecule has 2 unspecified atom stereocenters. The lowest BCUT2D eigenvalue weighted by Crippen LogP contribution is -2.38. The topological polar surface area (TPSA) is 0 Å². The largest absolute Gasteiger partial charge is 0.0667 e. The van der Waals surface area contributed by atoms with Crippen molar-refractivity contribution >= 4 is 21.9 Å². The summed E-state index contributed by atoms with van der Waals surface area (Å²) < 4.78 is 0. The molecule has 0 fully saturated rings. The van der Waals surface area contributed by atoms with Gasteiger partial charge in [0, 0.05) is 10.8 Å². The summed E-state index contributed by atoms with van der Waals surface area (Å²) in [5, 5.41) is 2.93. The number of benzene rings is 4. The first-order chi connectivity index (χ1) is 21.4. The number of hydrogen-bond acceptors (Lipinski definition) is 0. The monoisotopic (exact) mass is 590 g/mol. The molecule has 0 saturated heterocycles. The van der Waals surface area contributed by atoms with Crippen LogP contribution in [0, 0.1) is 37.5 Å². The minimum absolute atomic E-state index is 0.00686. The van der Waals surface area contributed by atoms with Gasteiger partial charge in [-0.1, -0.05) is 133 Å². The molecule has 4 aliphatic rings. The van der Waals surface area contributed by atoms with E-state index in [2.05, 4.69) is 130 Å². The van der Waals surface area contributed by atoms with Gasteiger partial charge in [-0.2, -0.15) is 0 Å². The Bertz CT molecular complexity index is 2000. The molecule has 8 rings (SSSR count). The molecule has 0 bridgehead atoms. The molecule has 4 aliphatic carbocycles. The van der Waals surface area contributed by atoms with Crippen molar-refractivity contribution in [2.45, 2.75) is 99.3 Å². The normalized spacial score (nSPS) is 22.6. The number of allylic oxidation sites excluding steroid dienone is 4. The van der Waals surface area contributed by atoms with Gasteiger partial charge in [0.1, 0.15) is 0 Å². The highest BCUT2D eigenvalue weighted by atomic mass is 14.6. The Morgan fingerprint density at radius 3 is 2.18 bits per heavy atom. The number of rotatable bonds is 3. The van der Waals surface area contributed by atoms with E-state index in [1.54, 1.807) is 44.5 Å². The van der Waals surface area contributed by atoms with Gasteiger partial charge in [-0.25, -0.2) is 0 Å². The lowest BCUT2D eigenvalue weighted by Gasteiger charge is -2.47. The van der Waals surface area contributed by atoms with E-state index in [0.717, 1.165) is 12.8 Å². The molecule has 45 heavy (non-hydrogen) atoms. The molecule has 4 aromatic carbocycles. The fraction of sp³-hybridized carbons (Fsp3) is 0.422. The van der Waals surface area contributed by atoms with Gasteiger partial charge in [-0.3, -0.25) is 0 Å². The van der Waals surface area contributed by atoms with Crippen molar-refractivity contribution in [1.82, 2.24) is 0 Å². The number of fused-ring (bicyclic) bond motifs is 12. The summed E-state index contributed by atoms with van der Waals surface area (Å²) in [5.74, 6) is 2.30. The van der Waals surface area contributed by atoms with E-state index in [4.69, 9.17) is 0 Å². The van der Waals surface area contributed by atoms with E-state index in [1.807, 2.05) is 0 Å². The molecule has 0 amide bonds. The molecule has 0 aromatic heterocycles. The van der Waals surface area contributed by atoms with Crippen LogP contribution in [0.5, 0.6) is 0 Å². The number of aryl methyl sites for hydroxylation is 2. The van der Waals surface area contributed by atoms with E-state index in [0.29, 0.717) is 23.7 Å². The standard InChI is InChI=1S/C45H50/c1-24(2)35-22-45(23-36(25(3)4)39(35)26(5)6)38-18-17-37-41(34-21-29-13-11-12-14-31(29)42(34)44(37,9)10)40(38)32-16-15-30-28(8)19-27(7)20-33(30)43(32)45/h11-20,24-26,35H,21-23H2,1-10H3. The van der Waals surface area contributed by atoms with Gasteiger partial charge < -0.3 is 0 Å². The molecule has 0 heteroatoms. The first kappa shape index (κ1) is 29.1. The van der Waals surface area contributed by atoms with Gasteiger partial charge in [0.15, 0.2) is 0 Å². The predicted molar refractivity (Wildman–Crippen MR) is 194 cm³/mol. The van der Waals surface area contributed by atoms with Crippen LogP contribution in [-0.4, -0.2) is 0 Å². The van der Waals surface area contributed by atoms with Crippen molar-refractivity contribution in [3.63, 3.8) is 0 Å². The summed E-state index contributed by atoms with van der Waals surface area (Å²) in [5.41, 5.74) is 21.8. The van der Waals surface area contributed by atoms with Gasteiger partial charge in [-0.15, -0.1) is 0 Å². The average Bonchev–Trinajstić information content (AvgIpc) is 3.57. The van der Waals surface area contributed by atoms with Crippen molar-refractivity contribution in [3.8, 4) is 11.1 Å². The molecular formula is C45H50. The maximum absolute atomic E-state index is 2.61. The first-order valence-corrected chi connectivity index (χ1v) is 17.6. The van der Waals surface area contributed by atoms with Crippen LogP contribution in [0.4, 0.5) is 0 Å². The van der Waals surface area contributed by atoms with Crippen LogP contribution in [0.2, 0.25) is 0 Å². The predicted octanol–water partition coefficient (Wildman–Crippen LogP) is 12.2. The van der Waals surface area contributed by atoms with Crippen LogP contribution in [-0.2, 0) is 17.3 Å². The van der Waals surface area contributed by atoms with E-state index >= 15 is 0 Å². The van der Waals surface area contributed by atoms with Crippen LogP contribution in [0.15, 0.2) is 71.8 Å². The van der Waals surface area contributed by atoms with Gasteiger partial charge >= 0.3 is 0 Å². The Balaban J connectivity index is 1.51. The van der Waals surface area contributed by atoms with Crippen LogP contribution >= 0.6 is 0 Å². The van der Waals surface area contributed by atoms with E-state index < -0.39 is 0 Å². The molecule has 0 N–H and O–H groups in total. The maximum atomic E-state index is 2.61. The zero-order chi connectivity index (χ0) is 31.7. The zero-order valence-electron chi connectivity index (χ0n) is 29.2. The second kappa shape index (κ2) is 9.57. The second-order valence-corrected chi connectivity index (χ2v) is 16.5. The molecular weight excluding hydrogens is 540 g/mol. The van der Waals surface area contributed by atoms with Crippen molar-refractivity contribution in [1.29, 1.82) is 0 Å². The third-order valence-electron chi connectivity index (χ3n) is 12.5. The smallest absolute Gasteiger partial charge is 0.0264 e. The summed E-state index contributed by atoms with van der Waals surface area (Å²) >= 11 is 0. The average molecular weight is 591 g/mol. The lowest BCUT2D eigenvalue weighted by atomic mass is 9.57. The van der Waals surface area contributed by atoms with Gasteiger partial charge in [0.25, 0.3) is 0 Å². The zero-order valence-corrected chi connectivity index (χ0v) is 29.2. The molecule has 4 aromatic rings. The minimum atomic E-state index is -0.0225. The first-order valence-electron chi connectivity index (χ1n) is 17.6. The van der Waals surface area contributed by atoms with Crippen molar-refractivity contribution in [3.05, 3.63) is 116 Å². The molecule has 2 atom stereocenters. The molecule has 0 heterocycles. The summed E-state index contributed by atoms with van der Waals surface area (Å²) in [6, 6.07) is 24.3. The minimum Gasteiger partial charge on any atom is -0.0667 e. The van der Waals surface area contributed by atoms with Crippen molar-refractivity contribution in [2.24, 2.45) is 23.7 Å². The SMILES string of the molecule is Cc1cc(C)c2ccc3c(c2c1)C1(CC(C(C)C)=C(C(C)C)C(C(C)C)C1)c1ccc2c(c1-3)C1=C(c3ccccc3C1)C2(C)C. The number of hydrogen-bond donors (Lipinski definition) is 0. The summed E-state index contributed by atoms with van der Waals surface area (Å²) in [6.45, 7) is 24.3. The molecule has 0 aliphatic heterocycles. The third kappa shape index (κ3) is 3.72. The highest BCUT2D eigenvalue weighted by Gasteiger charge is 2.53. The quantitative estimate of drug-likeness (QED) is 0.208. The van der Waals surface area contributed by atoms with Crippen LogP contribution in [0.3, 0.4) is 0 Å². The van der Waals surface area contributed by atoms with Gasteiger partial charge in [0.2, 0.25) is 0 Å². The summed E-state index contributed by atoms with van der Waals surface area (Å²) in [6.07, 6.45) is 3.40. The van der Waals surface area contributed by atoms with E-state index in [-0.39, 0.29) is 10.8 Å². The highest BCUT2D eigenvalue weighted by Crippen LogP contribution is 2.66. The van der Waals surface area contributed by atoms with Crippen molar-refractivity contribution < 1.29 is 0 Å². The highest BCUT2D eigenvalue weighted by molar-refractivity contribution is 6.12. The van der Waals surface area contributed by atoms with Crippen LogP contribution in [0.1, 0.15) is 113 Å². The Hall–Kier alpha value is -3.38. The molecule has 0 radical (unpaired) electrons.